The van der Waals surface area contributed by atoms with Crippen molar-refractivity contribution in [1.82, 2.24) is 4.72 Å². The zero-order valence-electron chi connectivity index (χ0n) is 13.0. The van der Waals surface area contributed by atoms with Gasteiger partial charge in [-0.1, -0.05) is 36.4 Å². The van der Waals surface area contributed by atoms with Crippen LogP contribution in [0, 0.1) is 6.92 Å². The van der Waals surface area contributed by atoms with Crippen molar-refractivity contribution in [1.29, 1.82) is 0 Å². The number of rotatable bonds is 6. The van der Waals surface area contributed by atoms with Crippen LogP contribution in [0.4, 0.5) is 0 Å². The summed E-state index contributed by atoms with van der Waals surface area (Å²) in [5.41, 5.74) is 1.79. The van der Waals surface area contributed by atoms with Gasteiger partial charge < -0.3 is 4.74 Å². The van der Waals surface area contributed by atoms with Crippen LogP contribution in [0.2, 0.25) is 0 Å². The topological polar surface area (TPSA) is 55.4 Å². The summed E-state index contributed by atoms with van der Waals surface area (Å²) in [7, 11) is -3.66. The van der Waals surface area contributed by atoms with Gasteiger partial charge in [-0.05, 0) is 44.0 Å². The van der Waals surface area contributed by atoms with Crippen LogP contribution in [-0.2, 0) is 10.0 Å². The van der Waals surface area contributed by atoms with Gasteiger partial charge in [-0.25, -0.2) is 13.1 Å². The SMILES string of the molecule is CCOc1ccc(C)cc1S(=O)(=O)NC(C)c1ccccc1. The third kappa shape index (κ3) is 3.87. The molecule has 0 radical (unpaired) electrons. The lowest BCUT2D eigenvalue weighted by Gasteiger charge is -2.17. The molecule has 22 heavy (non-hydrogen) atoms. The van der Waals surface area contributed by atoms with Gasteiger partial charge in [0, 0.05) is 6.04 Å². The molecule has 5 heteroatoms. The summed E-state index contributed by atoms with van der Waals surface area (Å²) in [5.74, 6) is 0.376. The molecule has 0 aliphatic rings. The maximum absolute atomic E-state index is 12.7. The summed E-state index contributed by atoms with van der Waals surface area (Å²) in [6, 6.07) is 14.3. The van der Waals surface area contributed by atoms with Crippen LogP contribution in [0.25, 0.3) is 0 Å². The first-order valence-electron chi connectivity index (χ1n) is 7.24. The molecule has 2 rings (SSSR count). The van der Waals surface area contributed by atoms with Crippen molar-refractivity contribution in [3.8, 4) is 5.75 Å². The minimum atomic E-state index is -3.66. The molecule has 0 spiro atoms. The van der Waals surface area contributed by atoms with Crippen LogP contribution in [0.3, 0.4) is 0 Å². The number of nitrogens with one attached hydrogen (secondary N) is 1. The predicted octanol–water partition coefficient (Wildman–Crippen LogP) is 3.43. The molecule has 0 aromatic heterocycles. The number of hydrogen-bond acceptors (Lipinski definition) is 3. The molecule has 0 saturated carbocycles. The number of benzene rings is 2. The molecule has 0 bridgehead atoms. The van der Waals surface area contributed by atoms with Crippen LogP contribution in [0.1, 0.15) is 31.0 Å². The molecular weight excluding hydrogens is 298 g/mol. The lowest BCUT2D eigenvalue weighted by atomic mass is 10.1. The summed E-state index contributed by atoms with van der Waals surface area (Å²) in [6.07, 6.45) is 0. The van der Waals surface area contributed by atoms with Crippen molar-refractivity contribution in [3.63, 3.8) is 0 Å². The second kappa shape index (κ2) is 6.94. The zero-order valence-corrected chi connectivity index (χ0v) is 13.9. The molecule has 2 aromatic carbocycles. The highest BCUT2D eigenvalue weighted by molar-refractivity contribution is 7.89. The second-order valence-electron chi connectivity index (χ2n) is 5.14. The number of hydrogen-bond donors (Lipinski definition) is 1. The largest absolute Gasteiger partial charge is 0.492 e. The van der Waals surface area contributed by atoms with Gasteiger partial charge in [0.1, 0.15) is 10.6 Å². The van der Waals surface area contributed by atoms with E-state index in [0.29, 0.717) is 12.4 Å². The summed E-state index contributed by atoms with van der Waals surface area (Å²) >= 11 is 0. The molecule has 1 unspecified atom stereocenters. The zero-order chi connectivity index (χ0) is 16.2. The Balaban J connectivity index is 2.32. The summed E-state index contributed by atoms with van der Waals surface area (Å²) < 4.78 is 33.5. The van der Waals surface area contributed by atoms with E-state index in [4.69, 9.17) is 4.74 Å². The van der Waals surface area contributed by atoms with E-state index >= 15 is 0 Å². The van der Waals surface area contributed by atoms with E-state index < -0.39 is 10.0 Å². The molecule has 2 aromatic rings. The molecule has 0 heterocycles. The Hall–Kier alpha value is -1.85. The Morgan fingerprint density at radius 2 is 1.82 bits per heavy atom. The Kier molecular flexibility index (Phi) is 5.21. The highest BCUT2D eigenvalue weighted by Gasteiger charge is 2.22. The molecule has 0 aliphatic carbocycles. The van der Waals surface area contributed by atoms with Crippen LogP contribution in [0.15, 0.2) is 53.4 Å². The highest BCUT2D eigenvalue weighted by Crippen LogP contribution is 2.26. The van der Waals surface area contributed by atoms with E-state index in [9.17, 15) is 8.42 Å². The van der Waals surface area contributed by atoms with Gasteiger partial charge in [-0.15, -0.1) is 0 Å². The first-order valence-corrected chi connectivity index (χ1v) is 8.73. The van der Waals surface area contributed by atoms with Crippen molar-refractivity contribution < 1.29 is 13.2 Å². The fourth-order valence-corrected chi connectivity index (χ4v) is 3.67. The van der Waals surface area contributed by atoms with Gasteiger partial charge in [-0.2, -0.15) is 0 Å². The second-order valence-corrected chi connectivity index (χ2v) is 6.82. The smallest absolute Gasteiger partial charge is 0.244 e. The maximum atomic E-state index is 12.7. The Morgan fingerprint density at radius 1 is 1.14 bits per heavy atom. The molecule has 118 valence electrons. The fourth-order valence-electron chi connectivity index (χ4n) is 2.21. The third-order valence-electron chi connectivity index (χ3n) is 3.32. The van der Waals surface area contributed by atoms with Crippen LogP contribution >= 0.6 is 0 Å². The van der Waals surface area contributed by atoms with Crippen molar-refractivity contribution in [3.05, 3.63) is 59.7 Å². The lowest BCUT2D eigenvalue weighted by molar-refractivity contribution is 0.331. The van der Waals surface area contributed by atoms with E-state index in [-0.39, 0.29) is 10.9 Å². The van der Waals surface area contributed by atoms with Gasteiger partial charge in [0.15, 0.2) is 0 Å². The van der Waals surface area contributed by atoms with Crippen molar-refractivity contribution in [2.45, 2.75) is 31.7 Å². The maximum Gasteiger partial charge on any atom is 0.244 e. The minimum Gasteiger partial charge on any atom is -0.492 e. The van der Waals surface area contributed by atoms with Gasteiger partial charge in [-0.3, -0.25) is 0 Å². The molecule has 1 N–H and O–H groups in total. The third-order valence-corrected chi connectivity index (χ3v) is 4.88. The van der Waals surface area contributed by atoms with Gasteiger partial charge in [0.05, 0.1) is 6.61 Å². The molecule has 4 nitrogen and oxygen atoms in total. The molecule has 0 aliphatic heterocycles. The quantitative estimate of drug-likeness (QED) is 0.887. The summed E-state index contributed by atoms with van der Waals surface area (Å²) in [4.78, 5) is 0.178. The first-order chi connectivity index (χ1) is 10.4. The van der Waals surface area contributed by atoms with Crippen molar-refractivity contribution >= 4 is 10.0 Å². The Bertz CT molecular complexity index is 727. The fraction of sp³-hybridized carbons (Fsp3) is 0.294. The molecule has 0 amide bonds. The van der Waals surface area contributed by atoms with Crippen LogP contribution < -0.4 is 9.46 Å². The number of ether oxygens (including phenoxy) is 1. The van der Waals surface area contributed by atoms with E-state index in [1.165, 1.54) is 0 Å². The van der Waals surface area contributed by atoms with Crippen molar-refractivity contribution in [2.75, 3.05) is 6.61 Å². The number of aryl methyl sites for hydroxylation is 1. The monoisotopic (exact) mass is 319 g/mol. The normalized spacial score (nSPS) is 12.9. The van der Waals surface area contributed by atoms with Crippen molar-refractivity contribution in [2.24, 2.45) is 0 Å². The average Bonchev–Trinajstić information content (AvgIpc) is 2.49. The number of sulfonamides is 1. The summed E-state index contributed by atoms with van der Waals surface area (Å²) in [6.45, 7) is 5.93. The van der Waals surface area contributed by atoms with Crippen LogP contribution in [-0.4, -0.2) is 15.0 Å². The lowest BCUT2D eigenvalue weighted by Crippen LogP contribution is -2.27. The average molecular weight is 319 g/mol. The summed E-state index contributed by atoms with van der Waals surface area (Å²) in [5, 5.41) is 0. The highest BCUT2D eigenvalue weighted by atomic mass is 32.2. The van der Waals surface area contributed by atoms with Gasteiger partial charge in [0.25, 0.3) is 0 Å². The Labute approximate surface area is 132 Å². The van der Waals surface area contributed by atoms with E-state index in [0.717, 1.165) is 11.1 Å². The Morgan fingerprint density at radius 3 is 2.45 bits per heavy atom. The minimum absolute atomic E-state index is 0.178. The molecular formula is C17H21NO3S. The van der Waals surface area contributed by atoms with E-state index in [2.05, 4.69) is 4.72 Å². The van der Waals surface area contributed by atoms with Crippen LogP contribution in [0.5, 0.6) is 5.75 Å². The molecule has 0 saturated heterocycles. The standard InChI is InChI=1S/C17H21NO3S/c1-4-21-16-11-10-13(2)12-17(16)22(19,20)18-14(3)15-8-6-5-7-9-15/h5-12,14,18H,4H2,1-3H3. The predicted molar refractivity (Wildman–Crippen MR) is 87.5 cm³/mol. The van der Waals surface area contributed by atoms with E-state index in [1.807, 2.05) is 57.2 Å². The van der Waals surface area contributed by atoms with E-state index in [1.54, 1.807) is 12.1 Å². The first kappa shape index (κ1) is 16.5. The molecule has 1 atom stereocenters. The molecule has 0 fully saturated rings. The van der Waals surface area contributed by atoms with Gasteiger partial charge >= 0.3 is 0 Å². The van der Waals surface area contributed by atoms with Gasteiger partial charge in [0.2, 0.25) is 10.0 Å².